The molecular weight excluding hydrogens is 430 g/mol. The van der Waals surface area contributed by atoms with Crippen LogP contribution in [0.25, 0.3) is 11.1 Å². The summed E-state index contributed by atoms with van der Waals surface area (Å²) in [6.07, 6.45) is 1.71. The van der Waals surface area contributed by atoms with E-state index in [1.165, 1.54) is 0 Å². The van der Waals surface area contributed by atoms with Crippen molar-refractivity contribution < 1.29 is 19.0 Å². The van der Waals surface area contributed by atoms with Crippen molar-refractivity contribution in [1.82, 2.24) is 15.1 Å². The van der Waals surface area contributed by atoms with Crippen molar-refractivity contribution in [3.8, 4) is 28.4 Å². The van der Waals surface area contributed by atoms with Gasteiger partial charge in [0.25, 0.3) is 5.91 Å². The van der Waals surface area contributed by atoms with E-state index in [4.69, 9.17) is 14.2 Å². The molecule has 1 N–H and O–H groups in total. The molecule has 1 atom stereocenters. The van der Waals surface area contributed by atoms with Crippen molar-refractivity contribution in [1.29, 1.82) is 0 Å². The van der Waals surface area contributed by atoms with Crippen molar-refractivity contribution in [3.63, 3.8) is 0 Å². The number of hydrogen-bond donors (Lipinski definition) is 1. The highest BCUT2D eigenvalue weighted by Gasteiger charge is 2.18. The summed E-state index contributed by atoms with van der Waals surface area (Å²) in [5.74, 6) is 1.80. The third kappa shape index (κ3) is 5.38. The molecule has 0 aliphatic carbocycles. The van der Waals surface area contributed by atoms with Gasteiger partial charge in [-0.1, -0.05) is 42.5 Å². The number of amides is 1. The maximum Gasteiger partial charge on any atom is 0.272 e. The van der Waals surface area contributed by atoms with E-state index >= 15 is 0 Å². The number of ether oxygens (including phenoxy) is 3. The fourth-order valence-corrected chi connectivity index (χ4v) is 3.60. The first-order valence-corrected chi connectivity index (χ1v) is 10.9. The normalized spacial score (nSPS) is 11.5. The van der Waals surface area contributed by atoms with Gasteiger partial charge in [0.1, 0.15) is 22.9 Å². The monoisotopic (exact) mass is 457 g/mol. The Morgan fingerprint density at radius 1 is 0.912 bits per heavy atom. The Kier molecular flexibility index (Phi) is 7.13. The molecule has 1 aromatic heterocycles. The van der Waals surface area contributed by atoms with Crippen LogP contribution in [0.1, 0.15) is 29.0 Å². The van der Waals surface area contributed by atoms with Crippen LogP contribution in [-0.4, -0.2) is 29.9 Å². The molecule has 0 fully saturated rings. The van der Waals surface area contributed by atoms with Crippen LogP contribution in [0.4, 0.5) is 0 Å². The van der Waals surface area contributed by atoms with E-state index in [-0.39, 0.29) is 18.7 Å². The van der Waals surface area contributed by atoms with E-state index in [1.54, 1.807) is 31.2 Å². The minimum absolute atomic E-state index is 0.192. The first-order valence-electron chi connectivity index (χ1n) is 10.9. The molecule has 4 rings (SSSR count). The maximum atomic E-state index is 12.7. The Morgan fingerprint density at radius 3 is 2.32 bits per heavy atom. The number of nitrogens with zero attached hydrogens (tertiary/aromatic N) is 2. The summed E-state index contributed by atoms with van der Waals surface area (Å²) in [6.45, 7) is 2.08. The Morgan fingerprint density at radius 2 is 1.62 bits per heavy atom. The summed E-state index contributed by atoms with van der Waals surface area (Å²) in [4.78, 5) is 12.7. The van der Waals surface area contributed by atoms with E-state index in [2.05, 4.69) is 22.5 Å². The SMILES string of the molecule is COc1ccc(OC)c(C(C)NC(=O)c2ccn(COc3ccc(-c4ccccc4)cc3)n2)c1. The van der Waals surface area contributed by atoms with Gasteiger partial charge in [0.15, 0.2) is 6.73 Å². The summed E-state index contributed by atoms with van der Waals surface area (Å²) >= 11 is 0. The van der Waals surface area contributed by atoms with Crippen LogP contribution in [0.2, 0.25) is 0 Å². The number of hydrogen-bond acceptors (Lipinski definition) is 5. The van der Waals surface area contributed by atoms with Gasteiger partial charge in [-0.3, -0.25) is 4.79 Å². The summed E-state index contributed by atoms with van der Waals surface area (Å²) in [5, 5.41) is 7.29. The molecule has 0 spiro atoms. The molecule has 1 heterocycles. The van der Waals surface area contributed by atoms with E-state index < -0.39 is 0 Å². The zero-order valence-electron chi connectivity index (χ0n) is 19.4. The van der Waals surface area contributed by atoms with E-state index in [9.17, 15) is 4.79 Å². The molecular formula is C27H27N3O4. The standard InChI is InChI=1S/C27H27N3O4/c1-19(24-17-23(32-2)13-14-26(24)33-3)28-27(31)25-15-16-30(29-25)18-34-22-11-9-21(10-12-22)20-7-5-4-6-8-20/h4-17,19H,18H2,1-3H3,(H,28,31). The Bertz CT molecular complexity index is 1240. The summed E-state index contributed by atoms with van der Waals surface area (Å²) in [6, 6.07) is 24.9. The molecule has 4 aromatic rings. The van der Waals surface area contributed by atoms with Gasteiger partial charge in [0.05, 0.1) is 20.3 Å². The number of methoxy groups -OCH3 is 2. The molecule has 1 amide bonds. The molecule has 7 heteroatoms. The van der Waals surface area contributed by atoms with Gasteiger partial charge in [-0.15, -0.1) is 0 Å². The van der Waals surface area contributed by atoms with E-state index in [0.717, 1.165) is 22.4 Å². The molecule has 0 saturated carbocycles. The minimum atomic E-state index is -0.304. The highest BCUT2D eigenvalue weighted by molar-refractivity contribution is 5.92. The number of carbonyl (C=O) groups is 1. The van der Waals surface area contributed by atoms with Crippen molar-refractivity contribution >= 4 is 5.91 Å². The van der Waals surface area contributed by atoms with Crippen LogP contribution in [0.15, 0.2) is 85.1 Å². The van der Waals surface area contributed by atoms with E-state index in [0.29, 0.717) is 17.2 Å². The van der Waals surface area contributed by atoms with Gasteiger partial charge in [-0.05, 0) is 54.4 Å². The van der Waals surface area contributed by atoms with Gasteiger partial charge < -0.3 is 19.5 Å². The lowest BCUT2D eigenvalue weighted by atomic mass is 10.1. The number of aromatic nitrogens is 2. The predicted molar refractivity (Wildman–Crippen MR) is 130 cm³/mol. The molecule has 0 bridgehead atoms. The second kappa shape index (κ2) is 10.6. The molecule has 0 radical (unpaired) electrons. The molecule has 0 saturated heterocycles. The molecule has 3 aromatic carbocycles. The smallest absolute Gasteiger partial charge is 0.272 e. The van der Waals surface area contributed by atoms with Crippen LogP contribution in [-0.2, 0) is 6.73 Å². The van der Waals surface area contributed by atoms with Crippen molar-refractivity contribution in [2.24, 2.45) is 0 Å². The third-order valence-electron chi connectivity index (χ3n) is 5.45. The zero-order valence-corrected chi connectivity index (χ0v) is 19.4. The zero-order chi connectivity index (χ0) is 23.9. The number of carbonyl (C=O) groups excluding carboxylic acids is 1. The quantitative estimate of drug-likeness (QED) is 0.379. The van der Waals surface area contributed by atoms with Crippen molar-refractivity contribution in [3.05, 3.63) is 96.3 Å². The van der Waals surface area contributed by atoms with Crippen LogP contribution in [0.3, 0.4) is 0 Å². The van der Waals surface area contributed by atoms with Gasteiger partial charge >= 0.3 is 0 Å². The molecule has 0 aliphatic rings. The lowest BCUT2D eigenvalue weighted by Gasteiger charge is -2.17. The summed E-state index contributed by atoms with van der Waals surface area (Å²) < 4.78 is 18.1. The molecule has 7 nitrogen and oxygen atoms in total. The second-order valence-electron chi connectivity index (χ2n) is 7.71. The predicted octanol–water partition coefficient (Wildman–Crippen LogP) is 5.09. The first kappa shape index (κ1) is 22.9. The molecule has 174 valence electrons. The van der Waals surface area contributed by atoms with Crippen LogP contribution < -0.4 is 19.5 Å². The van der Waals surface area contributed by atoms with Crippen LogP contribution in [0, 0.1) is 0 Å². The topological polar surface area (TPSA) is 74.6 Å². The Labute approximate surface area is 198 Å². The van der Waals surface area contributed by atoms with Gasteiger partial charge in [0.2, 0.25) is 0 Å². The minimum Gasteiger partial charge on any atom is -0.497 e. The largest absolute Gasteiger partial charge is 0.497 e. The van der Waals surface area contributed by atoms with E-state index in [1.807, 2.05) is 67.6 Å². The number of benzene rings is 3. The first-order chi connectivity index (χ1) is 16.6. The average molecular weight is 458 g/mol. The fraction of sp³-hybridized carbons (Fsp3) is 0.185. The van der Waals surface area contributed by atoms with Gasteiger partial charge in [-0.2, -0.15) is 5.10 Å². The summed E-state index contributed by atoms with van der Waals surface area (Å²) in [7, 11) is 3.19. The van der Waals surface area contributed by atoms with Crippen LogP contribution in [0.5, 0.6) is 17.2 Å². The Hall–Kier alpha value is -4.26. The summed E-state index contributed by atoms with van der Waals surface area (Å²) in [5.41, 5.74) is 3.39. The fourth-order valence-electron chi connectivity index (χ4n) is 3.60. The third-order valence-corrected chi connectivity index (χ3v) is 5.45. The molecule has 1 unspecified atom stereocenters. The highest BCUT2D eigenvalue weighted by Crippen LogP contribution is 2.29. The lowest BCUT2D eigenvalue weighted by Crippen LogP contribution is -2.27. The number of rotatable bonds is 9. The van der Waals surface area contributed by atoms with Gasteiger partial charge in [-0.25, -0.2) is 4.68 Å². The Balaban J connectivity index is 1.35. The number of nitrogens with one attached hydrogen (secondary N) is 1. The molecule has 34 heavy (non-hydrogen) atoms. The van der Waals surface area contributed by atoms with Gasteiger partial charge in [0, 0.05) is 11.8 Å². The van der Waals surface area contributed by atoms with Crippen molar-refractivity contribution in [2.75, 3.05) is 14.2 Å². The second-order valence-corrected chi connectivity index (χ2v) is 7.71. The molecule has 0 aliphatic heterocycles. The maximum absolute atomic E-state index is 12.7. The average Bonchev–Trinajstić information content (AvgIpc) is 3.37. The highest BCUT2D eigenvalue weighted by atomic mass is 16.5. The lowest BCUT2D eigenvalue weighted by molar-refractivity contribution is 0.0932. The van der Waals surface area contributed by atoms with Crippen LogP contribution >= 0.6 is 0 Å². The van der Waals surface area contributed by atoms with Crippen molar-refractivity contribution in [2.45, 2.75) is 19.7 Å².